The Morgan fingerprint density at radius 2 is 2.10 bits per heavy atom. The Kier molecular flexibility index (Phi) is 3.62. The molecule has 0 aliphatic heterocycles. The van der Waals surface area contributed by atoms with Crippen LogP contribution < -0.4 is 4.72 Å². The van der Waals surface area contributed by atoms with Gasteiger partial charge in [0.15, 0.2) is 0 Å². The number of sulfonamides is 1. The first-order valence-electron chi connectivity index (χ1n) is 6.14. The van der Waals surface area contributed by atoms with Crippen LogP contribution >= 0.6 is 11.3 Å². The molecule has 0 amide bonds. The Morgan fingerprint density at radius 3 is 2.90 bits per heavy atom. The quantitative estimate of drug-likeness (QED) is 0.774. The van der Waals surface area contributed by atoms with Gasteiger partial charge in [-0.3, -0.25) is 9.71 Å². The number of aliphatic hydroxyl groups is 1. The van der Waals surface area contributed by atoms with E-state index in [1.54, 1.807) is 36.0 Å². The van der Waals surface area contributed by atoms with Crippen molar-refractivity contribution in [2.75, 3.05) is 4.72 Å². The summed E-state index contributed by atoms with van der Waals surface area (Å²) in [5.74, 6) is 0. The molecule has 1 aromatic carbocycles. The molecule has 0 aliphatic rings. The lowest BCUT2D eigenvalue weighted by molar-refractivity contribution is 0.282. The normalized spacial score (nSPS) is 11.7. The number of thiophene rings is 1. The second-order valence-corrected chi connectivity index (χ2v) is 7.03. The van der Waals surface area contributed by atoms with Gasteiger partial charge >= 0.3 is 0 Å². The number of fused-ring (bicyclic) bond motifs is 1. The molecular weight excluding hydrogens is 308 g/mol. The van der Waals surface area contributed by atoms with Gasteiger partial charge in [0.2, 0.25) is 0 Å². The largest absolute Gasteiger partial charge is 0.391 e. The van der Waals surface area contributed by atoms with Crippen molar-refractivity contribution in [3.05, 3.63) is 53.0 Å². The van der Waals surface area contributed by atoms with Gasteiger partial charge < -0.3 is 5.11 Å². The van der Waals surface area contributed by atoms with Crippen LogP contribution in [0.1, 0.15) is 4.88 Å². The average Bonchev–Trinajstić information content (AvgIpc) is 2.97. The van der Waals surface area contributed by atoms with Gasteiger partial charge in [0.05, 0.1) is 17.2 Å². The van der Waals surface area contributed by atoms with Gasteiger partial charge in [-0.25, -0.2) is 8.42 Å². The summed E-state index contributed by atoms with van der Waals surface area (Å²) in [6.07, 6.45) is 3.29. The Morgan fingerprint density at radius 1 is 1.24 bits per heavy atom. The zero-order chi connectivity index (χ0) is 14.9. The number of nitrogens with one attached hydrogen (secondary N) is 1. The van der Waals surface area contributed by atoms with E-state index >= 15 is 0 Å². The zero-order valence-corrected chi connectivity index (χ0v) is 12.5. The minimum atomic E-state index is -3.72. The summed E-state index contributed by atoms with van der Waals surface area (Å²) in [6, 6.07) is 8.58. The highest BCUT2D eigenvalue weighted by molar-refractivity contribution is 7.93. The van der Waals surface area contributed by atoms with Gasteiger partial charge in [0, 0.05) is 23.2 Å². The first kappa shape index (κ1) is 14.0. The monoisotopic (exact) mass is 320 g/mol. The van der Waals surface area contributed by atoms with Crippen molar-refractivity contribution in [3.63, 3.8) is 0 Å². The zero-order valence-electron chi connectivity index (χ0n) is 10.9. The maximum absolute atomic E-state index is 12.5. The summed E-state index contributed by atoms with van der Waals surface area (Å²) in [5, 5.41) is 12.5. The molecule has 3 rings (SSSR count). The molecule has 7 heteroatoms. The summed E-state index contributed by atoms with van der Waals surface area (Å²) in [5.41, 5.74) is 0.491. The van der Waals surface area contributed by atoms with E-state index in [0.29, 0.717) is 10.6 Å². The van der Waals surface area contributed by atoms with Crippen molar-refractivity contribution in [1.82, 2.24) is 4.98 Å². The van der Waals surface area contributed by atoms with E-state index in [9.17, 15) is 13.5 Å². The Labute approximate surface area is 125 Å². The highest BCUT2D eigenvalue weighted by Gasteiger charge is 2.20. The van der Waals surface area contributed by atoms with Crippen LogP contribution in [0.15, 0.2) is 53.0 Å². The molecule has 2 aromatic heterocycles. The number of nitrogens with zero attached hydrogens (tertiary/aromatic N) is 1. The first-order chi connectivity index (χ1) is 10.1. The van der Waals surface area contributed by atoms with Gasteiger partial charge in [0.1, 0.15) is 4.90 Å². The predicted molar refractivity (Wildman–Crippen MR) is 82.8 cm³/mol. The molecule has 0 radical (unpaired) electrons. The van der Waals surface area contributed by atoms with E-state index in [4.69, 9.17) is 0 Å². The van der Waals surface area contributed by atoms with Crippen molar-refractivity contribution in [3.8, 4) is 0 Å². The van der Waals surface area contributed by atoms with Crippen LogP contribution in [0.5, 0.6) is 0 Å². The number of aromatic nitrogens is 1. The third-order valence-electron chi connectivity index (χ3n) is 3.06. The fraction of sp³-hybridized carbons (Fsp3) is 0.0714. The van der Waals surface area contributed by atoms with Crippen LogP contribution in [0.2, 0.25) is 0 Å². The standard InChI is InChI=1S/C14H12N2O3S2/c17-9-13-14(5-7-20-13)21(18,19)16-12-3-1-2-10-8-15-6-4-11(10)12/h1-8,16-17H,9H2. The molecular formula is C14H12N2O3S2. The summed E-state index contributed by atoms with van der Waals surface area (Å²) in [7, 11) is -3.72. The summed E-state index contributed by atoms with van der Waals surface area (Å²) >= 11 is 1.21. The molecule has 0 fully saturated rings. The van der Waals surface area contributed by atoms with E-state index in [-0.39, 0.29) is 11.5 Å². The number of anilines is 1. The lowest BCUT2D eigenvalue weighted by Gasteiger charge is -2.10. The van der Waals surface area contributed by atoms with Crippen molar-refractivity contribution in [2.24, 2.45) is 0 Å². The first-order valence-corrected chi connectivity index (χ1v) is 8.51. The van der Waals surface area contributed by atoms with Gasteiger partial charge in [0.25, 0.3) is 10.0 Å². The van der Waals surface area contributed by atoms with Crippen LogP contribution in [0, 0.1) is 0 Å². The molecule has 2 N–H and O–H groups in total. The van der Waals surface area contributed by atoms with Gasteiger partial charge in [-0.2, -0.15) is 0 Å². The number of benzene rings is 1. The minimum absolute atomic E-state index is 0.112. The second kappa shape index (κ2) is 5.44. The second-order valence-electron chi connectivity index (χ2n) is 4.37. The average molecular weight is 320 g/mol. The summed E-state index contributed by atoms with van der Waals surface area (Å²) in [4.78, 5) is 4.55. The number of hydrogen-bond acceptors (Lipinski definition) is 5. The number of rotatable bonds is 4. The highest BCUT2D eigenvalue weighted by Crippen LogP contribution is 2.28. The van der Waals surface area contributed by atoms with E-state index < -0.39 is 10.0 Å². The van der Waals surface area contributed by atoms with Gasteiger partial charge in [-0.05, 0) is 23.6 Å². The maximum Gasteiger partial charge on any atom is 0.263 e. The fourth-order valence-electron chi connectivity index (χ4n) is 2.09. The lowest BCUT2D eigenvalue weighted by Crippen LogP contribution is -2.14. The van der Waals surface area contributed by atoms with Crippen molar-refractivity contribution >= 4 is 37.8 Å². The molecule has 3 aromatic rings. The van der Waals surface area contributed by atoms with E-state index in [1.807, 2.05) is 6.07 Å². The topological polar surface area (TPSA) is 79.3 Å². The van der Waals surface area contributed by atoms with Gasteiger partial charge in [-0.15, -0.1) is 11.3 Å². The third-order valence-corrected chi connectivity index (χ3v) is 5.55. The number of pyridine rings is 1. The number of aliphatic hydroxyl groups excluding tert-OH is 1. The van der Waals surface area contributed by atoms with E-state index in [0.717, 1.165) is 10.8 Å². The van der Waals surface area contributed by atoms with Crippen LogP contribution in [-0.4, -0.2) is 18.5 Å². The van der Waals surface area contributed by atoms with E-state index in [1.165, 1.54) is 17.4 Å². The number of hydrogen-bond donors (Lipinski definition) is 2. The SMILES string of the molecule is O=S(=O)(Nc1cccc2cnccc12)c1ccsc1CO. The van der Waals surface area contributed by atoms with Gasteiger partial charge in [-0.1, -0.05) is 12.1 Å². The van der Waals surface area contributed by atoms with Crippen molar-refractivity contribution in [1.29, 1.82) is 0 Å². The molecule has 2 heterocycles. The molecule has 5 nitrogen and oxygen atoms in total. The molecule has 108 valence electrons. The Balaban J connectivity index is 2.06. The van der Waals surface area contributed by atoms with Crippen LogP contribution in [-0.2, 0) is 16.6 Å². The molecule has 0 aliphatic carbocycles. The molecule has 0 saturated heterocycles. The minimum Gasteiger partial charge on any atom is -0.391 e. The Hall–Kier alpha value is -1.96. The van der Waals surface area contributed by atoms with Crippen LogP contribution in [0.25, 0.3) is 10.8 Å². The highest BCUT2D eigenvalue weighted by atomic mass is 32.2. The molecule has 21 heavy (non-hydrogen) atoms. The smallest absolute Gasteiger partial charge is 0.263 e. The molecule has 0 atom stereocenters. The third kappa shape index (κ3) is 2.63. The van der Waals surface area contributed by atoms with Crippen molar-refractivity contribution in [2.45, 2.75) is 11.5 Å². The van der Waals surface area contributed by atoms with E-state index in [2.05, 4.69) is 9.71 Å². The van der Waals surface area contributed by atoms with Crippen LogP contribution in [0.4, 0.5) is 5.69 Å². The summed E-state index contributed by atoms with van der Waals surface area (Å²) in [6.45, 7) is -0.298. The fourth-order valence-corrected chi connectivity index (χ4v) is 4.47. The maximum atomic E-state index is 12.5. The lowest BCUT2D eigenvalue weighted by atomic mass is 10.1. The van der Waals surface area contributed by atoms with Crippen LogP contribution in [0.3, 0.4) is 0 Å². The molecule has 0 bridgehead atoms. The molecule has 0 saturated carbocycles. The molecule has 0 spiro atoms. The Bertz CT molecular complexity index is 883. The van der Waals surface area contributed by atoms with Crippen molar-refractivity contribution < 1.29 is 13.5 Å². The molecule has 0 unspecified atom stereocenters. The summed E-state index contributed by atoms with van der Waals surface area (Å²) < 4.78 is 27.5. The predicted octanol–water partition coefficient (Wildman–Crippen LogP) is 2.59.